The Hall–Kier alpha value is 0.660. The van der Waals surface area contributed by atoms with Crippen molar-refractivity contribution >= 4 is 17.0 Å². The Bertz CT molecular complexity index is 215. The summed E-state index contributed by atoms with van der Waals surface area (Å²) in [4.78, 5) is 0. The third kappa shape index (κ3) is 7.09. The molecule has 1 unspecified atom stereocenters. The van der Waals surface area contributed by atoms with E-state index >= 15 is 0 Å². The second-order valence-corrected chi connectivity index (χ2v) is 7.59. The molecule has 4 fully saturated rings. The van der Waals surface area contributed by atoms with Gasteiger partial charge < -0.3 is 22.6 Å². The molecule has 20 heavy (non-hydrogen) atoms. The van der Waals surface area contributed by atoms with E-state index in [2.05, 4.69) is 6.92 Å². The molecule has 0 N–H and O–H groups in total. The molecule has 2 bridgehead atoms. The summed E-state index contributed by atoms with van der Waals surface area (Å²) in [6.07, 6.45) is 3.62. The molecule has 4 saturated heterocycles. The molecular weight excluding hydrogens is 298 g/mol. The van der Waals surface area contributed by atoms with Crippen molar-refractivity contribution in [1.82, 2.24) is 0 Å². The van der Waals surface area contributed by atoms with E-state index in [1.807, 2.05) is 0 Å². The predicted octanol–water partition coefficient (Wildman–Crippen LogP) is 4.96. The Morgan fingerprint density at radius 3 is 1.70 bits per heavy atom. The largest absolute Gasteiger partial charge is 0.337 e. The Morgan fingerprint density at radius 2 is 1.45 bits per heavy atom. The van der Waals surface area contributed by atoms with Crippen LogP contribution in [0.4, 0.5) is 0 Å². The van der Waals surface area contributed by atoms with Crippen molar-refractivity contribution in [2.45, 2.75) is 42.0 Å². The molecule has 4 rings (SSSR count). The van der Waals surface area contributed by atoms with Gasteiger partial charge in [-0.05, 0) is 12.8 Å². The smallest absolute Gasteiger partial charge is 0.332 e. The van der Waals surface area contributed by atoms with Crippen molar-refractivity contribution in [2.75, 3.05) is 39.7 Å². The summed E-state index contributed by atoms with van der Waals surface area (Å²) >= 11 is 0. The lowest BCUT2D eigenvalue weighted by atomic mass is 9.95. The maximum Gasteiger partial charge on any atom is 0.332 e. The van der Waals surface area contributed by atoms with Crippen LogP contribution in [0.15, 0.2) is 0 Å². The third-order valence-corrected chi connectivity index (χ3v) is 5.31. The highest BCUT2D eigenvalue weighted by Gasteiger charge is 2.40. The Labute approximate surface area is 127 Å². The lowest BCUT2D eigenvalue weighted by Crippen LogP contribution is -2.40. The van der Waals surface area contributed by atoms with Crippen molar-refractivity contribution in [2.24, 2.45) is 5.41 Å². The number of fused-ring (bicyclic) bond motifs is 3. The van der Waals surface area contributed by atoms with Gasteiger partial charge in [0.05, 0.1) is 26.4 Å². The molecule has 124 valence electrons. The van der Waals surface area contributed by atoms with E-state index in [1.165, 1.54) is 12.8 Å². The maximum atomic E-state index is 5.27. The van der Waals surface area contributed by atoms with E-state index in [4.69, 9.17) is 22.6 Å². The standard InChI is InChI=1S/C5H9O3P.C5H11O2P.3CH4/c1-5-2-6-9(7-3-5)8-4-5;1-6-8-5-3-2-4-7-8;;;/h2-4H2,1H3;2-5H2,1H3;3*1H4. The minimum absolute atomic E-state index is 0. The van der Waals surface area contributed by atoms with Gasteiger partial charge >= 0.3 is 8.60 Å². The van der Waals surface area contributed by atoms with E-state index in [-0.39, 0.29) is 27.7 Å². The van der Waals surface area contributed by atoms with Gasteiger partial charge in [-0.25, -0.2) is 0 Å². The van der Waals surface area contributed by atoms with Crippen molar-refractivity contribution in [3.63, 3.8) is 0 Å². The highest BCUT2D eigenvalue weighted by Crippen LogP contribution is 2.52. The van der Waals surface area contributed by atoms with Gasteiger partial charge in [0.15, 0.2) is 8.38 Å². The second kappa shape index (κ2) is 11.3. The fourth-order valence-electron chi connectivity index (χ4n) is 1.58. The lowest BCUT2D eigenvalue weighted by Gasteiger charge is -2.41. The van der Waals surface area contributed by atoms with Crippen molar-refractivity contribution < 1.29 is 22.6 Å². The molecule has 7 heteroatoms. The molecule has 0 amide bonds. The minimum Gasteiger partial charge on any atom is -0.337 e. The highest BCUT2D eigenvalue weighted by atomic mass is 31.2. The van der Waals surface area contributed by atoms with Crippen LogP contribution in [0.1, 0.15) is 42.0 Å². The van der Waals surface area contributed by atoms with Crippen LogP contribution in [0.25, 0.3) is 0 Å². The lowest BCUT2D eigenvalue weighted by molar-refractivity contribution is -0.0619. The Kier molecular flexibility index (Phi) is 12.9. The molecule has 4 aliphatic heterocycles. The summed E-state index contributed by atoms with van der Waals surface area (Å²) in [6, 6.07) is 0. The zero-order valence-electron chi connectivity index (χ0n) is 10.4. The molecule has 0 aromatic heterocycles. The molecular formula is C13H32O5P2. The Balaban J connectivity index is 0. The first-order valence-electron chi connectivity index (χ1n) is 5.85. The van der Waals surface area contributed by atoms with Crippen molar-refractivity contribution in [3.8, 4) is 0 Å². The van der Waals surface area contributed by atoms with Gasteiger partial charge in [-0.1, -0.05) is 29.2 Å². The summed E-state index contributed by atoms with van der Waals surface area (Å²) in [5.41, 5.74) is 0.136. The fourth-order valence-corrected chi connectivity index (χ4v) is 4.29. The van der Waals surface area contributed by atoms with Gasteiger partial charge in [-0.2, -0.15) is 0 Å². The summed E-state index contributed by atoms with van der Waals surface area (Å²) in [6.45, 7) is 5.43. The molecule has 1 atom stereocenters. The quantitative estimate of drug-likeness (QED) is 0.636. The second-order valence-electron chi connectivity index (χ2n) is 4.63. The van der Waals surface area contributed by atoms with Crippen LogP contribution in [-0.4, -0.2) is 39.7 Å². The van der Waals surface area contributed by atoms with Crippen LogP contribution in [0, 0.1) is 5.41 Å². The van der Waals surface area contributed by atoms with Crippen LogP contribution in [0.3, 0.4) is 0 Å². The first-order valence-corrected chi connectivity index (χ1v) is 8.31. The van der Waals surface area contributed by atoms with Crippen molar-refractivity contribution in [3.05, 3.63) is 0 Å². The topological polar surface area (TPSA) is 46.2 Å². The predicted molar refractivity (Wildman–Crippen MR) is 87.1 cm³/mol. The van der Waals surface area contributed by atoms with Crippen LogP contribution in [0.5, 0.6) is 0 Å². The molecule has 0 aromatic carbocycles. The molecule has 0 radical (unpaired) electrons. The molecule has 0 aromatic rings. The maximum absolute atomic E-state index is 5.27. The number of hydrogen-bond acceptors (Lipinski definition) is 5. The van der Waals surface area contributed by atoms with Crippen LogP contribution < -0.4 is 0 Å². The van der Waals surface area contributed by atoms with Crippen molar-refractivity contribution in [1.29, 1.82) is 0 Å². The fraction of sp³-hybridized carbons (Fsp3) is 1.00. The summed E-state index contributed by atoms with van der Waals surface area (Å²) in [5, 5.41) is 0. The SMILES string of the molecule is C.C.C.CC12COP(OC1)OC2.COP1CCCCO1. The molecule has 4 aliphatic rings. The van der Waals surface area contributed by atoms with Gasteiger partial charge in [0.1, 0.15) is 0 Å². The van der Waals surface area contributed by atoms with E-state index in [1.54, 1.807) is 7.11 Å². The van der Waals surface area contributed by atoms with Gasteiger partial charge in [-0.15, -0.1) is 0 Å². The van der Waals surface area contributed by atoms with Crippen LogP contribution in [0.2, 0.25) is 0 Å². The number of rotatable bonds is 1. The summed E-state index contributed by atoms with van der Waals surface area (Å²) < 4.78 is 25.9. The molecule has 4 heterocycles. The normalized spacial score (nSPS) is 34.5. The van der Waals surface area contributed by atoms with Gasteiger partial charge in [0.2, 0.25) is 0 Å². The van der Waals surface area contributed by atoms with Crippen LogP contribution >= 0.6 is 17.0 Å². The van der Waals surface area contributed by atoms with Gasteiger partial charge in [-0.3, -0.25) is 0 Å². The minimum atomic E-state index is -0.935. The van der Waals surface area contributed by atoms with Gasteiger partial charge in [0, 0.05) is 18.7 Å². The van der Waals surface area contributed by atoms with E-state index in [0.29, 0.717) is 0 Å². The molecule has 0 spiro atoms. The first kappa shape index (κ1) is 22.9. The van der Waals surface area contributed by atoms with E-state index in [9.17, 15) is 0 Å². The average molecular weight is 330 g/mol. The van der Waals surface area contributed by atoms with E-state index in [0.717, 1.165) is 32.6 Å². The first-order chi connectivity index (χ1) is 8.22. The third-order valence-electron chi connectivity index (χ3n) is 2.73. The van der Waals surface area contributed by atoms with Crippen LogP contribution in [-0.2, 0) is 22.6 Å². The van der Waals surface area contributed by atoms with E-state index < -0.39 is 17.0 Å². The molecule has 0 aliphatic carbocycles. The molecule has 5 nitrogen and oxygen atoms in total. The highest BCUT2D eigenvalue weighted by molar-refractivity contribution is 7.47. The Morgan fingerprint density at radius 1 is 0.900 bits per heavy atom. The van der Waals surface area contributed by atoms with Gasteiger partial charge in [0.25, 0.3) is 0 Å². The summed E-state index contributed by atoms with van der Waals surface area (Å²) in [7, 11) is 0.314. The zero-order chi connectivity index (χ0) is 12.1. The number of hydrogen-bond donors (Lipinski definition) is 0. The summed E-state index contributed by atoms with van der Waals surface area (Å²) in [5.74, 6) is 0. The zero-order valence-corrected chi connectivity index (χ0v) is 12.2. The molecule has 0 saturated carbocycles. The average Bonchev–Trinajstić information content (AvgIpc) is 2.41. The monoisotopic (exact) mass is 330 g/mol.